The van der Waals surface area contributed by atoms with Crippen molar-refractivity contribution in [3.63, 3.8) is 0 Å². The Morgan fingerprint density at radius 3 is 2.24 bits per heavy atom. The summed E-state index contributed by atoms with van der Waals surface area (Å²) in [6, 6.07) is 15.1. The lowest BCUT2D eigenvalue weighted by Crippen LogP contribution is -2.45. The summed E-state index contributed by atoms with van der Waals surface area (Å²) in [6.07, 6.45) is -15.2. The highest BCUT2D eigenvalue weighted by Crippen LogP contribution is 2.46. The number of ether oxygens (including phenoxy) is 1. The van der Waals surface area contributed by atoms with Crippen LogP contribution in [0.3, 0.4) is 0 Å². The summed E-state index contributed by atoms with van der Waals surface area (Å²) in [4.78, 5) is 42.5. The largest absolute Gasteiger partial charge is 0.490 e. The van der Waals surface area contributed by atoms with E-state index in [1.807, 2.05) is 0 Å². The van der Waals surface area contributed by atoms with Crippen LogP contribution in [0, 0.1) is 0 Å². The summed E-state index contributed by atoms with van der Waals surface area (Å²) in [5.41, 5.74) is -1.12. The molecule has 1 aromatic heterocycles. The van der Waals surface area contributed by atoms with Crippen molar-refractivity contribution in [2.24, 2.45) is 0 Å². The molecule has 2 heterocycles. The van der Waals surface area contributed by atoms with Crippen LogP contribution in [0.5, 0.6) is 5.75 Å². The van der Waals surface area contributed by atoms with E-state index >= 15 is 0 Å². The third-order valence-electron chi connectivity index (χ3n) is 6.36. The average molecular weight is 644 g/mol. The number of carbonyl (C=O) groups excluding carboxylic acids is 1. The number of hydrogen-bond donors (Lipinski definition) is 4. The van der Waals surface area contributed by atoms with Gasteiger partial charge in [-0.15, -0.1) is 0 Å². The Kier molecular flexibility index (Phi) is 8.38. The number of amides is 2. The Bertz CT molecular complexity index is 1780. The van der Waals surface area contributed by atoms with E-state index in [1.54, 1.807) is 12.1 Å². The Morgan fingerprint density at radius 1 is 1.00 bits per heavy atom. The van der Waals surface area contributed by atoms with E-state index in [4.69, 9.17) is 9.90 Å². The zero-order valence-electron chi connectivity index (χ0n) is 22.4. The number of nitrogens with zero attached hydrogens (tertiary/aromatic N) is 3. The molecule has 0 saturated carbocycles. The summed E-state index contributed by atoms with van der Waals surface area (Å²) in [5, 5.41) is 28.5. The summed E-state index contributed by atoms with van der Waals surface area (Å²) in [6.45, 7) is 0. The number of aliphatic hydroxyl groups is 1. The summed E-state index contributed by atoms with van der Waals surface area (Å²) in [5.74, 6) is -4.07. The van der Waals surface area contributed by atoms with Gasteiger partial charge in [0, 0.05) is 29.8 Å². The number of aliphatic carboxylic acids is 1. The first kappa shape index (κ1) is 32.5. The van der Waals surface area contributed by atoms with Gasteiger partial charge in [-0.3, -0.25) is 14.6 Å². The first-order chi connectivity index (χ1) is 20.9. The summed E-state index contributed by atoms with van der Waals surface area (Å²) in [7, 11) is 1.29. The molecule has 1 atom stereocenters. The van der Waals surface area contributed by atoms with Gasteiger partial charge in [-0.1, -0.05) is 30.3 Å². The molecule has 2 amide bonds. The molecule has 3 aromatic carbocycles. The molecule has 0 saturated heterocycles. The van der Waals surface area contributed by atoms with Gasteiger partial charge >= 0.3 is 30.8 Å². The minimum absolute atomic E-state index is 0.0150. The number of imidazole rings is 1. The van der Waals surface area contributed by atoms with Crippen LogP contribution in [0.4, 0.5) is 47.2 Å². The van der Waals surface area contributed by atoms with E-state index in [1.165, 1.54) is 49.5 Å². The van der Waals surface area contributed by atoms with Gasteiger partial charge < -0.3 is 25.0 Å². The van der Waals surface area contributed by atoms with Crippen molar-refractivity contribution in [2.45, 2.75) is 24.4 Å². The van der Waals surface area contributed by atoms with E-state index in [0.717, 1.165) is 21.9 Å². The van der Waals surface area contributed by atoms with Gasteiger partial charge in [-0.25, -0.2) is 14.6 Å². The highest BCUT2D eigenvalue weighted by atomic mass is 19.4. The van der Waals surface area contributed by atoms with Crippen LogP contribution in [0.1, 0.15) is 21.5 Å². The normalized spacial score (nSPS) is 16.3. The molecule has 45 heavy (non-hydrogen) atoms. The van der Waals surface area contributed by atoms with Gasteiger partial charge in [-0.2, -0.15) is 30.7 Å². The molecule has 1 aliphatic rings. The molecule has 0 aliphatic carbocycles. The maximum Gasteiger partial charge on any atom is 0.490 e. The predicted octanol–water partition coefficient (Wildman–Crippen LogP) is 5.40. The third kappa shape index (κ3) is 6.17. The number of anilines is 2. The number of nitrogens with one attached hydrogen (secondary N) is 1. The molecule has 1 unspecified atom stereocenters. The predicted molar refractivity (Wildman–Crippen MR) is 140 cm³/mol. The number of halogens is 7. The second-order valence-electron chi connectivity index (χ2n) is 9.26. The molecule has 0 radical (unpaired) electrons. The molecule has 0 bridgehead atoms. The average Bonchev–Trinajstić information content (AvgIpc) is 3.49. The molecule has 0 spiro atoms. The van der Waals surface area contributed by atoms with E-state index in [2.05, 4.69) is 14.7 Å². The number of hydrogen-bond acceptors (Lipinski definition) is 6. The van der Waals surface area contributed by atoms with E-state index in [9.17, 15) is 50.5 Å². The Labute approximate surface area is 246 Å². The Morgan fingerprint density at radius 2 is 1.64 bits per heavy atom. The lowest BCUT2D eigenvalue weighted by molar-refractivity contribution is -0.253. The Hall–Kier alpha value is -5.39. The number of benzene rings is 3. The van der Waals surface area contributed by atoms with Crippen molar-refractivity contribution < 1.29 is 65.2 Å². The van der Waals surface area contributed by atoms with Crippen molar-refractivity contribution in [1.29, 1.82) is 0 Å². The zero-order valence-corrected chi connectivity index (χ0v) is 22.4. The third-order valence-corrected chi connectivity index (χ3v) is 6.36. The summed E-state index contributed by atoms with van der Waals surface area (Å²) >= 11 is 0. The minimum atomic E-state index is -5.08. The van der Waals surface area contributed by atoms with Gasteiger partial charge in [0.05, 0.1) is 16.7 Å². The fraction of sp³-hybridized carbons (Fsp3) is 0.185. The number of carboxylic acids is 1. The topological polar surface area (TPSA) is 156 Å². The fourth-order valence-corrected chi connectivity index (χ4v) is 4.30. The van der Waals surface area contributed by atoms with Crippen LogP contribution in [-0.2, 0) is 10.5 Å². The van der Waals surface area contributed by atoms with Crippen molar-refractivity contribution in [1.82, 2.24) is 9.97 Å². The molecule has 5 rings (SSSR count). The second kappa shape index (κ2) is 11.6. The van der Waals surface area contributed by atoms with Crippen LogP contribution in [0.15, 0.2) is 66.7 Å². The number of carboxylic acid groups (broad SMARTS) is 2. The molecule has 0 fully saturated rings. The number of alkyl halides is 7. The molecule has 1 aliphatic heterocycles. The summed E-state index contributed by atoms with van der Waals surface area (Å²) < 4.78 is 88.4. The van der Waals surface area contributed by atoms with Gasteiger partial charge in [0.2, 0.25) is 5.95 Å². The van der Waals surface area contributed by atoms with Crippen molar-refractivity contribution in [3.8, 4) is 5.75 Å². The molecule has 11 nitrogen and oxygen atoms in total. The van der Waals surface area contributed by atoms with Crippen LogP contribution in [0.25, 0.3) is 11.0 Å². The number of carbonyl (C=O) groups is 3. The fourth-order valence-electron chi connectivity index (χ4n) is 4.30. The van der Waals surface area contributed by atoms with Crippen LogP contribution in [-0.4, -0.2) is 69.0 Å². The van der Waals surface area contributed by atoms with Crippen LogP contribution in [0.2, 0.25) is 0 Å². The lowest BCUT2D eigenvalue weighted by Gasteiger charge is -2.35. The van der Waals surface area contributed by atoms with E-state index in [-0.39, 0.29) is 28.3 Å². The molecular weight excluding hydrogens is 625 g/mol. The molecule has 238 valence electrons. The SMILES string of the molecule is CN(C(=O)O)c1nc2ccc(C3(O)c4ccccc4C(=O)N3c3cccc(OC(F)(F)C(F)F)c3)cc2[nH]1.O=C(O)C(F)(F)F. The van der Waals surface area contributed by atoms with Gasteiger partial charge in [-0.05, 0) is 30.3 Å². The number of H-pyrrole nitrogens is 1. The lowest BCUT2D eigenvalue weighted by atomic mass is 9.93. The Balaban J connectivity index is 0.000000591. The van der Waals surface area contributed by atoms with Crippen molar-refractivity contribution in [2.75, 3.05) is 16.8 Å². The molecule has 18 heteroatoms. The molecule has 4 aromatic rings. The van der Waals surface area contributed by atoms with E-state index in [0.29, 0.717) is 11.0 Å². The maximum absolute atomic E-state index is 13.6. The number of rotatable bonds is 6. The number of aromatic nitrogens is 2. The highest BCUT2D eigenvalue weighted by Gasteiger charge is 2.51. The van der Waals surface area contributed by atoms with Gasteiger partial charge in [0.25, 0.3) is 5.91 Å². The van der Waals surface area contributed by atoms with Gasteiger partial charge in [0.15, 0.2) is 5.72 Å². The van der Waals surface area contributed by atoms with Gasteiger partial charge in [0.1, 0.15) is 5.75 Å². The van der Waals surface area contributed by atoms with Crippen molar-refractivity contribution >= 4 is 40.6 Å². The molecular formula is C27H19F7N4O7. The first-order valence-corrected chi connectivity index (χ1v) is 12.3. The number of fused-ring (bicyclic) bond motifs is 2. The van der Waals surface area contributed by atoms with E-state index < -0.39 is 48.2 Å². The first-order valence-electron chi connectivity index (χ1n) is 12.3. The zero-order chi connectivity index (χ0) is 33.5. The minimum Gasteiger partial charge on any atom is -0.475 e. The number of aromatic amines is 1. The second-order valence-corrected chi connectivity index (χ2v) is 9.26. The van der Waals surface area contributed by atoms with Crippen molar-refractivity contribution in [3.05, 3.63) is 83.4 Å². The monoisotopic (exact) mass is 644 g/mol. The quantitative estimate of drug-likeness (QED) is 0.203. The highest BCUT2D eigenvalue weighted by molar-refractivity contribution is 6.12. The smallest absolute Gasteiger partial charge is 0.475 e. The van der Waals surface area contributed by atoms with Crippen LogP contribution >= 0.6 is 0 Å². The van der Waals surface area contributed by atoms with Crippen LogP contribution < -0.4 is 14.5 Å². The maximum atomic E-state index is 13.6. The molecule has 4 N–H and O–H groups in total. The standard InChI is InChI=1S/C25H18F4N4O5.C2HF3O2/c1-32(23(35)36)22-30-18-10-9-13(11-19(18)31-22)24(37)17-8-3-2-7-16(17)20(34)33(24)14-5-4-6-15(12-14)38-25(28,29)21(26)27;3-2(4,5)1(6)7/h2-12,21,37H,1H3,(H,30,31)(H,35,36);(H,6,7).